The monoisotopic (exact) mass is 579 g/mol. The van der Waals surface area contributed by atoms with E-state index in [9.17, 15) is 18.0 Å². The molecule has 39 heavy (non-hydrogen) atoms. The quantitative estimate of drug-likeness (QED) is 0.276. The summed E-state index contributed by atoms with van der Waals surface area (Å²) in [6, 6.07) is 3.05. The van der Waals surface area contributed by atoms with Crippen molar-refractivity contribution in [3.05, 3.63) is 28.1 Å². The number of thiophene rings is 1. The number of carbonyl (C=O) groups is 2. The van der Waals surface area contributed by atoms with Gasteiger partial charge in [0.15, 0.2) is 11.5 Å². The zero-order valence-electron chi connectivity index (χ0n) is 22.0. The predicted octanol–water partition coefficient (Wildman–Crippen LogP) is 3.68. The molecule has 12 nitrogen and oxygen atoms in total. The molecule has 0 bridgehead atoms. The number of methoxy groups -OCH3 is 3. The number of amides is 1. The molecule has 0 saturated heterocycles. The number of carbonyl (C=O) groups excluding carboxylic acids is 2. The van der Waals surface area contributed by atoms with Gasteiger partial charge in [0, 0.05) is 10.4 Å². The molecule has 0 radical (unpaired) electrons. The first kappa shape index (κ1) is 28.4. The number of esters is 1. The fourth-order valence-corrected chi connectivity index (χ4v) is 6.51. The number of anilines is 1. The largest absolute Gasteiger partial charge is 0.493 e. The van der Waals surface area contributed by atoms with E-state index in [2.05, 4.69) is 15.5 Å². The van der Waals surface area contributed by atoms with Crippen LogP contribution in [0.5, 0.6) is 17.2 Å². The molecule has 0 saturated carbocycles. The van der Waals surface area contributed by atoms with Crippen LogP contribution in [0.4, 0.5) is 5.00 Å². The summed E-state index contributed by atoms with van der Waals surface area (Å²) >= 11 is 1.28. The minimum absolute atomic E-state index is 0.125. The highest BCUT2D eigenvalue weighted by Crippen LogP contribution is 2.41. The van der Waals surface area contributed by atoms with Crippen molar-refractivity contribution >= 4 is 38.1 Å². The van der Waals surface area contributed by atoms with Crippen molar-refractivity contribution in [2.24, 2.45) is 0 Å². The van der Waals surface area contributed by atoms with Crippen molar-refractivity contribution in [3.8, 4) is 28.7 Å². The van der Waals surface area contributed by atoms with Gasteiger partial charge in [-0.3, -0.25) is 4.79 Å². The standard InChI is InChI=1S/C25H29N3O9S2/c1-5-36-24(30)20-15-9-7-6-8-10-18(15)38-23(20)26-19(29)13-39(31,32)25-28-27-22(37-25)14-11-16(33-2)21(35-4)17(12-14)34-3/h11-12H,5-10,13H2,1-4H3,(H,26,29). The van der Waals surface area contributed by atoms with Crippen LogP contribution < -0.4 is 19.5 Å². The summed E-state index contributed by atoms with van der Waals surface area (Å²) in [6.45, 7) is 1.88. The molecule has 0 atom stereocenters. The van der Waals surface area contributed by atoms with Gasteiger partial charge in [-0.2, -0.15) is 0 Å². The van der Waals surface area contributed by atoms with Crippen molar-refractivity contribution in [1.29, 1.82) is 0 Å². The second-order valence-electron chi connectivity index (χ2n) is 8.58. The molecule has 1 N–H and O–H groups in total. The van der Waals surface area contributed by atoms with Gasteiger partial charge in [-0.25, -0.2) is 13.2 Å². The molecule has 2 heterocycles. The molecule has 0 fully saturated rings. The Morgan fingerprint density at radius 3 is 2.36 bits per heavy atom. The number of fused-ring (bicyclic) bond motifs is 1. The topological polar surface area (TPSA) is 156 Å². The van der Waals surface area contributed by atoms with Gasteiger partial charge < -0.3 is 28.7 Å². The van der Waals surface area contributed by atoms with Crippen molar-refractivity contribution < 1.29 is 41.4 Å². The minimum atomic E-state index is -4.31. The summed E-state index contributed by atoms with van der Waals surface area (Å²) in [5.74, 6) is -1.53. The third-order valence-corrected chi connectivity index (χ3v) is 8.61. The fraction of sp³-hybridized carbons (Fsp3) is 0.440. The van der Waals surface area contributed by atoms with E-state index in [-0.39, 0.29) is 17.5 Å². The number of hydrogen-bond acceptors (Lipinski definition) is 12. The highest BCUT2D eigenvalue weighted by molar-refractivity contribution is 7.91. The van der Waals surface area contributed by atoms with E-state index in [1.165, 1.54) is 44.8 Å². The molecule has 1 aliphatic carbocycles. The fourth-order valence-electron chi connectivity index (χ4n) is 4.30. The number of nitrogens with zero attached hydrogens (tertiary/aromatic N) is 2. The molecule has 0 spiro atoms. The van der Waals surface area contributed by atoms with E-state index < -0.39 is 32.7 Å². The van der Waals surface area contributed by atoms with Crippen LogP contribution in [0.2, 0.25) is 0 Å². The van der Waals surface area contributed by atoms with Gasteiger partial charge in [0.1, 0.15) is 10.8 Å². The third-order valence-electron chi connectivity index (χ3n) is 6.06. The SMILES string of the molecule is CCOC(=O)c1c(NC(=O)CS(=O)(=O)c2nnc(-c3cc(OC)c(OC)c(OC)c3)o2)sc2c1CCCCC2. The highest BCUT2D eigenvalue weighted by Gasteiger charge is 2.30. The van der Waals surface area contributed by atoms with Gasteiger partial charge >= 0.3 is 11.2 Å². The van der Waals surface area contributed by atoms with Gasteiger partial charge in [-0.1, -0.05) is 11.5 Å². The summed E-state index contributed by atoms with van der Waals surface area (Å²) in [5, 5.41) is 9.62. The molecule has 2 aromatic heterocycles. The van der Waals surface area contributed by atoms with E-state index >= 15 is 0 Å². The summed E-state index contributed by atoms with van der Waals surface area (Å²) in [4.78, 5) is 26.6. The van der Waals surface area contributed by atoms with Gasteiger partial charge in [0.2, 0.25) is 27.4 Å². The minimum Gasteiger partial charge on any atom is -0.493 e. The zero-order valence-corrected chi connectivity index (χ0v) is 23.6. The number of aryl methyl sites for hydroxylation is 1. The molecule has 0 unspecified atom stereocenters. The van der Waals surface area contributed by atoms with Crippen LogP contribution in [-0.2, 0) is 32.2 Å². The Bertz CT molecular complexity index is 1450. The smallest absolute Gasteiger partial charge is 0.341 e. The maximum absolute atomic E-state index is 13.0. The summed E-state index contributed by atoms with van der Waals surface area (Å²) in [6.07, 6.45) is 4.42. The van der Waals surface area contributed by atoms with Crippen molar-refractivity contribution in [2.75, 3.05) is 39.0 Å². The maximum Gasteiger partial charge on any atom is 0.341 e. The van der Waals surface area contributed by atoms with Crippen LogP contribution >= 0.6 is 11.3 Å². The Hall–Kier alpha value is -3.65. The molecular formula is C25H29N3O9S2. The predicted molar refractivity (Wildman–Crippen MR) is 142 cm³/mol. The number of benzene rings is 1. The first-order chi connectivity index (χ1) is 18.7. The Labute approximate surface area is 229 Å². The lowest BCUT2D eigenvalue weighted by molar-refractivity contribution is -0.113. The first-order valence-electron chi connectivity index (χ1n) is 12.2. The summed E-state index contributed by atoms with van der Waals surface area (Å²) in [5.41, 5.74) is 1.48. The van der Waals surface area contributed by atoms with Crippen LogP contribution in [0, 0.1) is 0 Å². The van der Waals surface area contributed by atoms with E-state index in [1.807, 2.05) is 0 Å². The molecule has 0 aliphatic heterocycles. The Morgan fingerprint density at radius 2 is 1.72 bits per heavy atom. The average molecular weight is 580 g/mol. The lowest BCUT2D eigenvalue weighted by atomic mass is 10.1. The Kier molecular flexibility index (Phi) is 8.75. The molecular weight excluding hydrogens is 550 g/mol. The molecule has 3 aromatic rings. The number of hydrogen-bond donors (Lipinski definition) is 1. The molecule has 210 valence electrons. The highest BCUT2D eigenvalue weighted by atomic mass is 32.2. The van der Waals surface area contributed by atoms with Crippen molar-refractivity contribution in [1.82, 2.24) is 10.2 Å². The number of sulfone groups is 1. The maximum atomic E-state index is 13.0. The van der Waals surface area contributed by atoms with E-state index in [0.29, 0.717) is 34.8 Å². The molecule has 14 heteroatoms. The Balaban J connectivity index is 1.56. The van der Waals surface area contributed by atoms with Gasteiger partial charge in [0.05, 0.1) is 33.5 Å². The average Bonchev–Trinajstić information content (AvgIpc) is 3.47. The van der Waals surface area contributed by atoms with Crippen LogP contribution in [0.15, 0.2) is 21.8 Å². The van der Waals surface area contributed by atoms with Gasteiger partial charge in [-0.05, 0) is 50.3 Å². The van der Waals surface area contributed by atoms with Crippen LogP contribution in [-0.4, -0.2) is 64.2 Å². The lowest BCUT2D eigenvalue weighted by Crippen LogP contribution is -2.24. The third kappa shape index (κ3) is 6.01. The molecule has 1 amide bonds. The normalized spacial score (nSPS) is 13.2. The van der Waals surface area contributed by atoms with E-state index in [0.717, 1.165) is 36.1 Å². The van der Waals surface area contributed by atoms with Crippen molar-refractivity contribution in [2.45, 2.75) is 44.3 Å². The molecule has 1 aromatic carbocycles. The first-order valence-corrected chi connectivity index (χ1v) is 14.7. The second kappa shape index (κ2) is 12.0. The molecule has 1 aliphatic rings. The number of rotatable bonds is 10. The summed E-state index contributed by atoms with van der Waals surface area (Å²) < 4.78 is 52.5. The number of ether oxygens (including phenoxy) is 4. The number of aromatic nitrogens is 2. The van der Waals surface area contributed by atoms with Gasteiger partial charge in [-0.15, -0.1) is 16.4 Å². The van der Waals surface area contributed by atoms with Crippen LogP contribution in [0.25, 0.3) is 11.5 Å². The van der Waals surface area contributed by atoms with E-state index in [4.69, 9.17) is 23.4 Å². The zero-order chi connectivity index (χ0) is 28.2. The number of nitrogens with one attached hydrogen (secondary N) is 1. The van der Waals surface area contributed by atoms with Crippen LogP contribution in [0.3, 0.4) is 0 Å². The van der Waals surface area contributed by atoms with Crippen LogP contribution in [0.1, 0.15) is 47.0 Å². The second-order valence-corrected chi connectivity index (χ2v) is 11.6. The lowest BCUT2D eigenvalue weighted by Gasteiger charge is -2.12. The summed E-state index contributed by atoms with van der Waals surface area (Å²) in [7, 11) is 0.00178. The van der Waals surface area contributed by atoms with E-state index in [1.54, 1.807) is 6.92 Å². The van der Waals surface area contributed by atoms with Crippen molar-refractivity contribution in [3.63, 3.8) is 0 Å². The Morgan fingerprint density at radius 1 is 1.03 bits per heavy atom. The van der Waals surface area contributed by atoms with Gasteiger partial charge in [0.25, 0.3) is 0 Å². The molecule has 4 rings (SSSR count).